The standard InChI is InChI=1S/C16H21N3O2/c1-11-3-5-13(6-4-11)19-9-12-7-15(17-10-20)16(21-2)8-14(12)18-19/h7-11,13H,3-6H2,1-2H3,(H,17,20). The van der Waals surface area contributed by atoms with Crippen molar-refractivity contribution < 1.29 is 9.53 Å². The van der Waals surface area contributed by atoms with Gasteiger partial charge < -0.3 is 10.1 Å². The molecular weight excluding hydrogens is 266 g/mol. The summed E-state index contributed by atoms with van der Waals surface area (Å²) >= 11 is 0. The monoisotopic (exact) mass is 287 g/mol. The van der Waals surface area contributed by atoms with Crippen LogP contribution in [0.2, 0.25) is 0 Å². The quantitative estimate of drug-likeness (QED) is 0.877. The molecule has 1 aliphatic carbocycles. The summed E-state index contributed by atoms with van der Waals surface area (Å²) in [6.45, 7) is 2.32. The number of ether oxygens (including phenoxy) is 1. The Morgan fingerprint density at radius 3 is 2.76 bits per heavy atom. The van der Waals surface area contributed by atoms with Gasteiger partial charge in [-0.25, -0.2) is 0 Å². The van der Waals surface area contributed by atoms with E-state index in [1.165, 1.54) is 25.7 Å². The molecule has 3 rings (SSSR count). The van der Waals surface area contributed by atoms with E-state index in [-0.39, 0.29) is 0 Å². The first-order chi connectivity index (χ1) is 10.2. The third kappa shape index (κ3) is 2.73. The first kappa shape index (κ1) is 13.9. The van der Waals surface area contributed by atoms with E-state index >= 15 is 0 Å². The van der Waals surface area contributed by atoms with Gasteiger partial charge in [-0.15, -0.1) is 0 Å². The zero-order chi connectivity index (χ0) is 14.8. The molecule has 0 bridgehead atoms. The van der Waals surface area contributed by atoms with Crippen LogP contribution in [-0.4, -0.2) is 23.3 Å². The van der Waals surface area contributed by atoms with Crippen LogP contribution in [0.4, 0.5) is 5.69 Å². The predicted molar refractivity (Wildman–Crippen MR) is 82.6 cm³/mol. The fraction of sp³-hybridized carbons (Fsp3) is 0.500. The van der Waals surface area contributed by atoms with Crippen LogP contribution in [0, 0.1) is 5.92 Å². The summed E-state index contributed by atoms with van der Waals surface area (Å²) in [6, 6.07) is 4.28. The Kier molecular flexibility index (Phi) is 3.82. The Labute approximate surface area is 124 Å². The van der Waals surface area contributed by atoms with Crippen LogP contribution in [0.5, 0.6) is 5.75 Å². The number of carbonyl (C=O) groups is 1. The second-order valence-corrected chi connectivity index (χ2v) is 5.90. The van der Waals surface area contributed by atoms with E-state index in [9.17, 15) is 4.79 Å². The van der Waals surface area contributed by atoms with E-state index in [1.807, 2.05) is 12.1 Å². The molecule has 1 aromatic carbocycles. The number of carbonyl (C=O) groups excluding carboxylic acids is 1. The number of methoxy groups -OCH3 is 1. The molecule has 1 amide bonds. The number of aromatic nitrogens is 2. The normalized spacial score (nSPS) is 22.2. The molecule has 5 nitrogen and oxygen atoms in total. The van der Waals surface area contributed by atoms with E-state index in [0.717, 1.165) is 16.8 Å². The Morgan fingerprint density at radius 1 is 1.33 bits per heavy atom. The molecule has 21 heavy (non-hydrogen) atoms. The van der Waals surface area contributed by atoms with E-state index < -0.39 is 0 Å². The summed E-state index contributed by atoms with van der Waals surface area (Å²) in [5.74, 6) is 1.46. The van der Waals surface area contributed by atoms with Crippen molar-refractivity contribution in [3.63, 3.8) is 0 Å². The molecular formula is C16H21N3O2. The van der Waals surface area contributed by atoms with Gasteiger partial charge in [0.25, 0.3) is 0 Å². The number of benzene rings is 1. The molecule has 5 heteroatoms. The molecule has 0 aliphatic heterocycles. The number of hydrogen-bond acceptors (Lipinski definition) is 3. The van der Waals surface area contributed by atoms with Crippen LogP contribution in [0.15, 0.2) is 18.3 Å². The lowest BCUT2D eigenvalue weighted by Gasteiger charge is -2.26. The minimum absolute atomic E-state index is 0.488. The molecule has 2 aromatic rings. The maximum Gasteiger partial charge on any atom is 0.211 e. The second-order valence-electron chi connectivity index (χ2n) is 5.90. The highest BCUT2D eigenvalue weighted by Crippen LogP contribution is 2.34. The van der Waals surface area contributed by atoms with Gasteiger partial charge >= 0.3 is 0 Å². The van der Waals surface area contributed by atoms with Crippen molar-refractivity contribution in [1.29, 1.82) is 0 Å². The van der Waals surface area contributed by atoms with E-state index in [1.54, 1.807) is 7.11 Å². The van der Waals surface area contributed by atoms with E-state index in [0.29, 0.717) is 23.9 Å². The number of anilines is 1. The summed E-state index contributed by atoms with van der Waals surface area (Å²) in [7, 11) is 1.59. The maximum absolute atomic E-state index is 10.7. The average molecular weight is 287 g/mol. The molecule has 0 atom stereocenters. The fourth-order valence-corrected chi connectivity index (χ4v) is 3.11. The fourth-order valence-electron chi connectivity index (χ4n) is 3.11. The SMILES string of the molecule is COc1cc2nn(C3CCC(C)CC3)cc2cc1NC=O. The van der Waals surface area contributed by atoms with Crippen LogP contribution in [-0.2, 0) is 4.79 Å². The van der Waals surface area contributed by atoms with Crippen LogP contribution in [0.25, 0.3) is 10.9 Å². The largest absolute Gasteiger partial charge is 0.494 e. The van der Waals surface area contributed by atoms with Gasteiger partial charge in [0, 0.05) is 17.6 Å². The van der Waals surface area contributed by atoms with Gasteiger partial charge in [-0.05, 0) is 37.7 Å². The van der Waals surface area contributed by atoms with Crippen molar-refractivity contribution in [3.05, 3.63) is 18.3 Å². The average Bonchev–Trinajstić information content (AvgIpc) is 2.90. The Morgan fingerprint density at radius 2 is 2.10 bits per heavy atom. The zero-order valence-corrected chi connectivity index (χ0v) is 12.5. The lowest BCUT2D eigenvalue weighted by Crippen LogP contribution is -2.16. The Balaban J connectivity index is 1.94. The molecule has 1 heterocycles. The zero-order valence-electron chi connectivity index (χ0n) is 12.5. The van der Waals surface area contributed by atoms with Gasteiger partial charge in [-0.3, -0.25) is 9.48 Å². The highest BCUT2D eigenvalue weighted by Gasteiger charge is 2.21. The molecule has 0 unspecified atom stereocenters. The van der Waals surface area contributed by atoms with Crippen LogP contribution >= 0.6 is 0 Å². The highest BCUT2D eigenvalue weighted by molar-refractivity contribution is 5.88. The molecule has 112 valence electrons. The summed E-state index contributed by atoms with van der Waals surface area (Å²) < 4.78 is 7.39. The van der Waals surface area contributed by atoms with Gasteiger partial charge in [-0.2, -0.15) is 5.10 Å². The molecule has 0 spiro atoms. The van der Waals surface area contributed by atoms with Gasteiger partial charge in [0.05, 0.1) is 24.4 Å². The van der Waals surface area contributed by atoms with Crippen LogP contribution in [0.1, 0.15) is 38.6 Å². The summed E-state index contributed by atoms with van der Waals surface area (Å²) in [6.07, 6.45) is 7.64. The molecule has 1 aliphatic rings. The minimum Gasteiger partial charge on any atom is -0.494 e. The topological polar surface area (TPSA) is 56.1 Å². The van der Waals surface area contributed by atoms with E-state index in [4.69, 9.17) is 9.84 Å². The number of hydrogen-bond donors (Lipinski definition) is 1. The third-order valence-corrected chi connectivity index (χ3v) is 4.42. The number of amides is 1. The minimum atomic E-state index is 0.488. The maximum atomic E-state index is 10.7. The number of rotatable bonds is 4. The van der Waals surface area contributed by atoms with E-state index in [2.05, 4.69) is 23.1 Å². The lowest BCUT2D eigenvalue weighted by molar-refractivity contribution is -0.105. The van der Waals surface area contributed by atoms with Gasteiger partial charge in [-0.1, -0.05) is 6.92 Å². The number of fused-ring (bicyclic) bond motifs is 1. The second kappa shape index (κ2) is 5.76. The van der Waals surface area contributed by atoms with Crippen LogP contribution in [0.3, 0.4) is 0 Å². The predicted octanol–water partition coefficient (Wildman–Crippen LogP) is 3.36. The van der Waals surface area contributed by atoms with Crippen molar-refractivity contribution >= 4 is 23.0 Å². The molecule has 1 N–H and O–H groups in total. The summed E-state index contributed by atoms with van der Waals surface area (Å²) in [5.41, 5.74) is 1.58. The van der Waals surface area contributed by atoms with Crippen molar-refractivity contribution in [1.82, 2.24) is 9.78 Å². The van der Waals surface area contributed by atoms with Crippen molar-refractivity contribution in [2.75, 3.05) is 12.4 Å². The van der Waals surface area contributed by atoms with Gasteiger partial charge in [0.15, 0.2) is 0 Å². The Bertz CT molecular complexity index is 642. The Hall–Kier alpha value is -2.04. The molecule has 1 fully saturated rings. The first-order valence-electron chi connectivity index (χ1n) is 7.48. The number of nitrogens with zero attached hydrogens (tertiary/aromatic N) is 2. The lowest BCUT2D eigenvalue weighted by atomic mass is 9.87. The van der Waals surface area contributed by atoms with Crippen molar-refractivity contribution in [2.24, 2.45) is 5.92 Å². The first-order valence-corrected chi connectivity index (χ1v) is 7.48. The summed E-state index contributed by atoms with van der Waals surface area (Å²) in [4.78, 5) is 10.7. The molecule has 1 saturated carbocycles. The van der Waals surface area contributed by atoms with Crippen LogP contribution < -0.4 is 10.1 Å². The number of nitrogens with one attached hydrogen (secondary N) is 1. The smallest absolute Gasteiger partial charge is 0.211 e. The molecule has 0 saturated heterocycles. The third-order valence-electron chi connectivity index (χ3n) is 4.42. The van der Waals surface area contributed by atoms with Crippen molar-refractivity contribution in [3.8, 4) is 5.75 Å². The molecule has 1 aromatic heterocycles. The van der Waals surface area contributed by atoms with Gasteiger partial charge in [0.1, 0.15) is 5.75 Å². The summed E-state index contributed by atoms with van der Waals surface area (Å²) in [5, 5.41) is 8.39. The van der Waals surface area contributed by atoms with Gasteiger partial charge in [0.2, 0.25) is 6.41 Å². The molecule has 0 radical (unpaired) electrons. The highest BCUT2D eigenvalue weighted by atomic mass is 16.5. The van der Waals surface area contributed by atoms with Crippen molar-refractivity contribution in [2.45, 2.75) is 38.6 Å².